The van der Waals surface area contributed by atoms with Crippen molar-refractivity contribution < 1.29 is 8.78 Å². The zero-order chi connectivity index (χ0) is 14.8. The Labute approximate surface area is 121 Å². The van der Waals surface area contributed by atoms with E-state index in [0.717, 1.165) is 22.4 Å². The zero-order valence-corrected chi connectivity index (χ0v) is 11.3. The zero-order valence-electron chi connectivity index (χ0n) is 11.3. The van der Waals surface area contributed by atoms with Crippen molar-refractivity contribution in [3.05, 3.63) is 77.6 Å². The summed E-state index contributed by atoms with van der Waals surface area (Å²) in [7, 11) is 0. The van der Waals surface area contributed by atoms with Crippen LogP contribution in [-0.4, -0.2) is 4.98 Å². The first-order chi connectivity index (χ1) is 10.2. The van der Waals surface area contributed by atoms with Gasteiger partial charge >= 0.3 is 0 Å². The van der Waals surface area contributed by atoms with Gasteiger partial charge in [0, 0.05) is 23.8 Å². The van der Waals surface area contributed by atoms with Crippen LogP contribution in [-0.2, 0) is 6.42 Å². The molecule has 1 atom stereocenters. The lowest BCUT2D eigenvalue weighted by Gasteiger charge is -2.15. The lowest BCUT2D eigenvalue weighted by atomic mass is 9.95. The number of nitrogens with two attached hydrogens (primary N) is 1. The van der Waals surface area contributed by atoms with Gasteiger partial charge in [0.15, 0.2) is 11.6 Å². The standard InChI is InChI=1S/C17H14F2N2/c18-15-6-2-4-12(17(15)19)9-16(20)13-5-1-3-11-7-8-21-10-14(11)13/h1-8,10,16H,9,20H2. The van der Waals surface area contributed by atoms with E-state index in [9.17, 15) is 8.78 Å². The summed E-state index contributed by atoms with van der Waals surface area (Å²) in [6, 6.07) is 11.4. The molecule has 0 aliphatic heterocycles. The summed E-state index contributed by atoms with van der Waals surface area (Å²) in [4.78, 5) is 4.11. The predicted octanol–water partition coefficient (Wildman–Crippen LogP) is 3.76. The van der Waals surface area contributed by atoms with Crippen molar-refractivity contribution in [2.24, 2.45) is 5.73 Å². The van der Waals surface area contributed by atoms with Gasteiger partial charge in [0.2, 0.25) is 0 Å². The van der Waals surface area contributed by atoms with Gasteiger partial charge in [-0.25, -0.2) is 8.78 Å². The van der Waals surface area contributed by atoms with Gasteiger partial charge in [-0.15, -0.1) is 0 Å². The molecule has 0 spiro atoms. The second-order valence-electron chi connectivity index (χ2n) is 4.97. The predicted molar refractivity (Wildman–Crippen MR) is 78.7 cm³/mol. The van der Waals surface area contributed by atoms with E-state index in [0.29, 0.717) is 0 Å². The molecular weight excluding hydrogens is 270 g/mol. The second-order valence-corrected chi connectivity index (χ2v) is 4.97. The number of hydrogen-bond donors (Lipinski definition) is 1. The Morgan fingerprint density at radius 2 is 1.86 bits per heavy atom. The van der Waals surface area contributed by atoms with Gasteiger partial charge in [-0.2, -0.15) is 0 Å². The molecule has 1 heterocycles. The van der Waals surface area contributed by atoms with Gasteiger partial charge in [-0.3, -0.25) is 4.98 Å². The minimum Gasteiger partial charge on any atom is -0.324 e. The number of rotatable bonds is 3. The molecule has 21 heavy (non-hydrogen) atoms. The van der Waals surface area contributed by atoms with E-state index in [1.54, 1.807) is 18.5 Å². The van der Waals surface area contributed by atoms with Crippen molar-refractivity contribution in [2.45, 2.75) is 12.5 Å². The lowest BCUT2D eigenvalue weighted by molar-refractivity contribution is 0.494. The summed E-state index contributed by atoms with van der Waals surface area (Å²) in [5.41, 5.74) is 7.36. The van der Waals surface area contributed by atoms with Crippen LogP contribution in [0.5, 0.6) is 0 Å². The number of fused-ring (bicyclic) bond motifs is 1. The van der Waals surface area contributed by atoms with E-state index in [2.05, 4.69) is 4.98 Å². The van der Waals surface area contributed by atoms with Crippen LogP contribution in [0, 0.1) is 11.6 Å². The van der Waals surface area contributed by atoms with Crippen molar-refractivity contribution in [1.82, 2.24) is 4.98 Å². The van der Waals surface area contributed by atoms with Crippen LogP contribution >= 0.6 is 0 Å². The Bertz CT molecular complexity index is 781. The highest BCUT2D eigenvalue weighted by molar-refractivity contribution is 5.85. The topological polar surface area (TPSA) is 38.9 Å². The normalized spacial score (nSPS) is 12.5. The molecule has 0 aliphatic carbocycles. The third-order valence-corrected chi connectivity index (χ3v) is 3.59. The molecule has 0 bridgehead atoms. The lowest BCUT2D eigenvalue weighted by Crippen LogP contribution is -2.15. The molecule has 3 aromatic rings. The highest BCUT2D eigenvalue weighted by Crippen LogP contribution is 2.25. The third-order valence-electron chi connectivity index (χ3n) is 3.59. The fraction of sp³-hybridized carbons (Fsp3) is 0.118. The SMILES string of the molecule is NC(Cc1cccc(F)c1F)c1cccc2ccncc12. The van der Waals surface area contributed by atoms with E-state index in [1.807, 2.05) is 24.3 Å². The maximum Gasteiger partial charge on any atom is 0.162 e. The van der Waals surface area contributed by atoms with E-state index >= 15 is 0 Å². The van der Waals surface area contributed by atoms with Gasteiger partial charge in [0.25, 0.3) is 0 Å². The summed E-state index contributed by atoms with van der Waals surface area (Å²) >= 11 is 0. The molecule has 0 saturated carbocycles. The van der Waals surface area contributed by atoms with E-state index < -0.39 is 17.7 Å². The summed E-state index contributed by atoms with van der Waals surface area (Å²) < 4.78 is 27.0. The van der Waals surface area contributed by atoms with Gasteiger partial charge in [-0.05, 0) is 35.1 Å². The van der Waals surface area contributed by atoms with Gasteiger partial charge < -0.3 is 5.73 Å². The maximum atomic E-state index is 13.7. The minimum absolute atomic E-state index is 0.234. The van der Waals surface area contributed by atoms with Crippen molar-refractivity contribution in [1.29, 1.82) is 0 Å². The number of nitrogens with zero attached hydrogens (tertiary/aromatic N) is 1. The Kier molecular flexibility index (Phi) is 3.62. The largest absolute Gasteiger partial charge is 0.324 e. The Hall–Kier alpha value is -2.33. The number of hydrogen-bond acceptors (Lipinski definition) is 2. The van der Waals surface area contributed by atoms with Crippen molar-refractivity contribution in [3.8, 4) is 0 Å². The molecule has 0 fully saturated rings. The first kappa shape index (κ1) is 13.6. The first-order valence-corrected chi connectivity index (χ1v) is 6.68. The molecule has 2 nitrogen and oxygen atoms in total. The van der Waals surface area contributed by atoms with Crippen LogP contribution in [0.1, 0.15) is 17.2 Å². The van der Waals surface area contributed by atoms with Crippen LogP contribution in [0.15, 0.2) is 54.9 Å². The molecule has 2 N–H and O–H groups in total. The molecular formula is C17H14F2N2. The minimum atomic E-state index is -0.848. The first-order valence-electron chi connectivity index (χ1n) is 6.68. The molecule has 0 amide bonds. The average molecular weight is 284 g/mol. The second kappa shape index (κ2) is 5.58. The molecule has 106 valence electrons. The Morgan fingerprint density at radius 1 is 1.05 bits per heavy atom. The summed E-state index contributed by atoms with van der Waals surface area (Å²) in [5, 5.41) is 1.96. The summed E-state index contributed by atoms with van der Waals surface area (Å²) in [6.07, 6.45) is 3.69. The van der Waals surface area contributed by atoms with Crippen molar-refractivity contribution in [2.75, 3.05) is 0 Å². The highest BCUT2D eigenvalue weighted by atomic mass is 19.2. The smallest absolute Gasteiger partial charge is 0.162 e. The number of benzene rings is 2. The fourth-order valence-corrected chi connectivity index (χ4v) is 2.51. The molecule has 0 saturated heterocycles. The quantitative estimate of drug-likeness (QED) is 0.795. The summed E-state index contributed by atoms with van der Waals surface area (Å²) in [5.74, 6) is -1.68. The highest BCUT2D eigenvalue weighted by Gasteiger charge is 2.15. The maximum absolute atomic E-state index is 13.7. The van der Waals surface area contributed by atoms with Gasteiger partial charge in [-0.1, -0.05) is 30.3 Å². The van der Waals surface area contributed by atoms with E-state index in [4.69, 9.17) is 5.73 Å². The Balaban J connectivity index is 1.97. The molecule has 2 aromatic carbocycles. The molecule has 1 aromatic heterocycles. The van der Waals surface area contributed by atoms with Gasteiger partial charge in [0.05, 0.1) is 0 Å². The third kappa shape index (κ3) is 2.62. The molecule has 4 heteroatoms. The fourth-order valence-electron chi connectivity index (χ4n) is 2.51. The van der Waals surface area contributed by atoms with Crippen molar-refractivity contribution >= 4 is 10.8 Å². The Morgan fingerprint density at radius 3 is 2.71 bits per heavy atom. The van der Waals surface area contributed by atoms with Crippen molar-refractivity contribution in [3.63, 3.8) is 0 Å². The van der Waals surface area contributed by atoms with Crippen LogP contribution in [0.4, 0.5) is 8.78 Å². The molecule has 0 radical (unpaired) electrons. The monoisotopic (exact) mass is 284 g/mol. The van der Waals surface area contributed by atoms with E-state index in [1.165, 1.54) is 6.07 Å². The van der Waals surface area contributed by atoms with Crippen LogP contribution in [0.25, 0.3) is 10.8 Å². The van der Waals surface area contributed by atoms with Crippen LogP contribution in [0.3, 0.4) is 0 Å². The van der Waals surface area contributed by atoms with Crippen LogP contribution < -0.4 is 5.73 Å². The number of pyridine rings is 1. The molecule has 1 unspecified atom stereocenters. The molecule has 0 aliphatic rings. The number of aromatic nitrogens is 1. The number of halogens is 2. The average Bonchev–Trinajstić information content (AvgIpc) is 2.51. The van der Waals surface area contributed by atoms with Crippen LogP contribution in [0.2, 0.25) is 0 Å². The summed E-state index contributed by atoms with van der Waals surface area (Å²) in [6.45, 7) is 0. The van der Waals surface area contributed by atoms with E-state index in [-0.39, 0.29) is 12.0 Å². The molecule has 3 rings (SSSR count). The van der Waals surface area contributed by atoms with Gasteiger partial charge in [0.1, 0.15) is 0 Å².